The first-order valence-electron chi connectivity index (χ1n) is 2.23. The summed E-state index contributed by atoms with van der Waals surface area (Å²) in [5.41, 5.74) is 0. The highest BCUT2D eigenvalue weighted by Crippen LogP contribution is 1.81. The molecule has 0 amide bonds. The topological polar surface area (TPSA) is 29.4 Å². The standard InChI is InChI=1S/C5H8NO/c1-2-3-4-6-5-7/h2H,3-4H2,1H3. The highest BCUT2D eigenvalue weighted by molar-refractivity contribution is 5.32. The Balaban J connectivity index is 2.83. The first kappa shape index (κ1) is 6.38. The molecule has 0 aliphatic rings. The lowest BCUT2D eigenvalue weighted by Gasteiger charge is -1.80. The van der Waals surface area contributed by atoms with Crippen molar-refractivity contribution in [3.63, 3.8) is 0 Å². The van der Waals surface area contributed by atoms with Gasteiger partial charge in [0.25, 0.3) is 0 Å². The van der Waals surface area contributed by atoms with Crippen LogP contribution in [0.3, 0.4) is 0 Å². The number of carbonyl (C=O) groups excluding carboxylic acids is 1. The summed E-state index contributed by atoms with van der Waals surface area (Å²) in [4.78, 5) is 12.7. The highest BCUT2D eigenvalue weighted by Gasteiger charge is 1.74. The summed E-state index contributed by atoms with van der Waals surface area (Å²) >= 11 is 0. The third-order valence-corrected chi connectivity index (χ3v) is 0.594. The molecule has 0 unspecified atom stereocenters. The number of aliphatic imine (C=N–C) groups is 1. The Bertz CT molecular complexity index is 74.1. The number of hydrogen-bond acceptors (Lipinski definition) is 2. The Morgan fingerprint density at radius 3 is 3.00 bits per heavy atom. The maximum Gasteiger partial charge on any atom is 0.234 e. The van der Waals surface area contributed by atoms with Crippen molar-refractivity contribution in [3.8, 4) is 0 Å². The summed E-state index contributed by atoms with van der Waals surface area (Å²) in [5, 5.41) is 0. The molecule has 0 heterocycles. The van der Waals surface area contributed by atoms with Gasteiger partial charge < -0.3 is 0 Å². The van der Waals surface area contributed by atoms with Crippen LogP contribution < -0.4 is 0 Å². The molecule has 39 valence electrons. The molecule has 0 spiro atoms. The van der Waals surface area contributed by atoms with Crippen molar-refractivity contribution in [2.45, 2.75) is 13.3 Å². The van der Waals surface area contributed by atoms with E-state index in [1.165, 1.54) is 6.08 Å². The van der Waals surface area contributed by atoms with Crippen LogP contribution in [0.4, 0.5) is 0 Å². The van der Waals surface area contributed by atoms with Crippen LogP contribution in [-0.2, 0) is 4.79 Å². The molecule has 2 heteroatoms. The third-order valence-electron chi connectivity index (χ3n) is 0.594. The molecule has 0 aromatic carbocycles. The fraction of sp³-hybridized carbons (Fsp3) is 0.600. The number of rotatable bonds is 3. The molecule has 0 aromatic heterocycles. The van der Waals surface area contributed by atoms with E-state index >= 15 is 0 Å². The summed E-state index contributed by atoms with van der Waals surface area (Å²) in [6, 6.07) is 0. The summed E-state index contributed by atoms with van der Waals surface area (Å²) in [6.07, 6.45) is 4.29. The molecule has 0 aromatic rings. The van der Waals surface area contributed by atoms with Crippen molar-refractivity contribution in [1.82, 2.24) is 0 Å². The minimum absolute atomic E-state index is 0.583. The van der Waals surface area contributed by atoms with Crippen LogP contribution in [0.15, 0.2) is 4.99 Å². The monoisotopic (exact) mass is 98.1 g/mol. The summed E-state index contributed by atoms with van der Waals surface area (Å²) in [6.45, 7) is 2.51. The molecule has 0 atom stereocenters. The number of hydrogen-bond donors (Lipinski definition) is 0. The molecule has 1 radical (unpaired) electrons. The zero-order valence-electron chi connectivity index (χ0n) is 4.35. The van der Waals surface area contributed by atoms with Crippen LogP contribution >= 0.6 is 0 Å². The summed E-state index contributed by atoms with van der Waals surface area (Å²) in [5.74, 6) is 0. The Morgan fingerprint density at radius 2 is 2.57 bits per heavy atom. The van der Waals surface area contributed by atoms with E-state index in [2.05, 4.69) is 4.99 Å². The Kier molecular flexibility index (Phi) is 4.90. The van der Waals surface area contributed by atoms with Gasteiger partial charge in [-0.1, -0.05) is 6.92 Å². The molecule has 0 aliphatic heterocycles. The largest absolute Gasteiger partial charge is 0.234 e. The fourth-order valence-corrected chi connectivity index (χ4v) is 0.239. The van der Waals surface area contributed by atoms with Crippen molar-refractivity contribution >= 4 is 6.08 Å². The number of nitrogens with zero attached hydrogens (tertiary/aromatic N) is 1. The molecule has 0 bridgehead atoms. The zero-order valence-corrected chi connectivity index (χ0v) is 4.35. The van der Waals surface area contributed by atoms with Gasteiger partial charge in [0.05, 0.1) is 6.54 Å². The molecule has 7 heavy (non-hydrogen) atoms. The number of isocyanates is 1. The van der Waals surface area contributed by atoms with Crippen LogP contribution in [0, 0.1) is 6.42 Å². The first-order chi connectivity index (χ1) is 3.41. The lowest BCUT2D eigenvalue weighted by Crippen LogP contribution is -1.75. The first-order valence-corrected chi connectivity index (χ1v) is 2.23. The lowest BCUT2D eigenvalue weighted by molar-refractivity contribution is 0.563. The van der Waals surface area contributed by atoms with Crippen LogP contribution in [0.5, 0.6) is 0 Å². The van der Waals surface area contributed by atoms with E-state index in [1.807, 2.05) is 13.3 Å². The average Bonchev–Trinajstić information content (AvgIpc) is 1.69. The Hall–Kier alpha value is -0.620. The van der Waals surface area contributed by atoms with Gasteiger partial charge in [-0.25, -0.2) is 9.79 Å². The van der Waals surface area contributed by atoms with Crippen molar-refractivity contribution in [3.05, 3.63) is 6.42 Å². The van der Waals surface area contributed by atoms with Crippen molar-refractivity contribution < 1.29 is 4.79 Å². The average molecular weight is 98.1 g/mol. The SMILES string of the molecule is C[CH]CCN=C=O. The lowest BCUT2D eigenvalue weighted by atomic mass is 10.3. The van der Waals surface area contributed by atoms with Gasteiger partial charge in [0.15, 0.2) is 0 Å². The highest BCUT2D eigenvalue weighted by atomic mass is 16.1. The minimum Gasteiger partial charge on any atom is -0.211 e. The predicted octanol–water partition coefficient (Wildman–Crippen LogP) is 0.936. The van der Waals surface area contributed by atoms with E-state index < -0.39 is 0 Å². The van der Waals surface area contributed by atoms with Gasteiger partial charge in [0, 0.05) is 0 Å². The zero-order chi connectivity index (χ0) is 5.54. The Labute approximate surface area is 43.3 Å². The molecule has 0 N–H and O–H groups in total. The van der Waals surface area contributed by atoms with Crippen molar-refractivity contribution in [2.24, 2.45) is 4.99 Å². The smallest absolute Gasteiger partial charge is 0.211 e. The maximum atomic E-state index is 9.37. The van der Waals surface area contributed by atoms with E-state index in [0.717, 1.165) is 6.42 Å². The molecular formula is C5H8NO. The summed E-state index contributed by atoms with van der Waals surface area (Å²) < 4.78 is 0. The maximum absolute atomic E-state index is 9.37. The Morgan fingerprint density at radius 1 is 1.86 bits per heavy atom. The molecule has 0 saturated carbocycles. The van der Waals surface area contributed by atoms with Gasteiger partial charge in [0.1, 0.15) is 0 Å². The van der Waals surface area contributed by atoms with Gasteiger partial charge in [-0.3, -0.25) is 0 Å². The normalized spacial score (nSPS) is 7.57. The second kappa shape index (κ2) is 5.38. The van der Waals surface area contributed by atoms with Gasteiger partial charge in [-0.05, 0) is 12.8 Å². The molecule has 0 fully saturated rings. The van der Waals surface area contributed by atoms with Crippen molar-refractivity contribution in [2.75, 3.05) is 6.54 Å². The molecule has 0 rings (SSSR count). The van der Waals surface area contributed by atoms with E-state index in [1.54, 1.807) is 0 Å². The van der Waals surface area contributed by atoms with E-state index in [0.29, 0.717) is 6.54 Å². The van der Waals surface area contributed by atoms with Crippen LogP contribution in [0.1, 0.15) is 13.3 Å². The van der Waals surface area contributed by atoms with Gasteiger partial charge in [0.2, 0.25) is 6.08 Å². The second-order valence-corrected chi connectivity index (χ2v) is 1.17. The van der Waals surface area contributed by atoms with E-state index in [4.69, 9.17) is 0 Å². The minimum atomic E-state index is 0.583. The van der Waals surface area contributed by atoms with Crippen LogP contribution in [0.25, 0.3) is 0 Å². The van der Waals surface area contributed by atoms with Gasteiger partial charge in [-0.15, -0.1) is 0 Å². The fourth-order valence-electron chi connectivity index (χ4n) is 0.239. The van der Waals surface area contributed by atoms with Crippen LogP contribution in [-0.4, -0.2) is 12.6 Å². The molecule has 2 nitrogen and oxygen atoms in total. The summed E-state index contributed by atoms with van der Waals surface area (Å²) in [7, 11) is 0. The predicted molar refractivity (Wildman–Crippen MR) is 27.6 cm³/mol. The second-order valence-electron chi connectivity index (χ2n) is 1.17. The number of unbranched alkanes of at least 4 members (excludes halogenated alkanes) is 1. The van der Waals surface area contributed by atoms with Crippen LogP contribution in [0.2, 0.25) is 0 Å². The van der Waals surface area contributed by atoms with Gasteiger partial charge >= 0.3 is 0 Å². The third kappa shape index (κ3) is 5.38. The van der Waals surface area contributed by atoms with E-state index in [-0.39, 0.29) is 0 Å². The quantitative estimate of drug-likeness (QED) is 0.293. The van der Waals surface area contributed by atoms with Crippen molar-refractivity contribution in [1.29, 1.82) is 0 Å². The molecule has 0 saturated heterocycles. The van der Waals surface area contributed by atoms with E-state index in [9.17, 15) is 4.79 Å². The molecule has 0 aliphatic carbocycles. The van der Waals surface area contributed by atoms with Gasteiger partial charge in [-0.2, -0.15) is 0 Å². The molecular weight excluding hydrogens is 90.1 g/mol.